The van der Waals surface area contributed by atoms with Crippen LogP contribution in [0.5, 0.6) is 5.75 Å². The van der Waals surface area contributed by atoms with Gasteiger partial charge < -0.3 is 9.64 Å². The lowest BCUT2D eigenvalue weighted by molar-refractivity contribution is -0.132. The summed E-state index contributed by atoms with van der Waals surface area (Å²) >= 11 is 5.77. The number of sulfone groups is 1. The first-order chi connectivity index (χ1) is 9.87. The molecule has 5 nitrogen and oxygen atoms in total. The van der Waals surface area contributed by atoms with Crippen LogP contribution in [0.15, 0.2) is 24.3 Å². The number of carbonyl (C=O) groups is 1. The smallest absolute Gasteiger partial charge is 0.226 e. The number of amides is 1. The van der Waals surface area contributed by atoms with E-state index in [4.69, 9.17) is 16.3 Å². The second-order valence-electron chi connectivity index (χ2n) is 5.11. The minimum absolute atomic E-state index is 0.0628. The van der Waals surface area contributed by atoms with E-state index in [9.17, 15) is 13.2 Å². The Labute approximate surface area is 129 Å². The van der Waals surface area contributed by atoms with Crippen LogP contribution in [0.3, 0.4) is 0 Å². The van der Waals surface area contributed by atoms with E-state index in [1.165, 1.54) is 4.90 Å². The van der Waals surface area contributed by atoms with Gasteiger partial charge in [-0.3, -0.25) is 4.79 Å². The molecule has 0 bridgehead atoms. The molecule has 1 aliphatic rings. The molecule has 1 amide bonds. The third kappa shape index (κ3) is 4.61. The van der Waals surface area contributed by atoms with Crippen molar-refractivity contribution in [1.82, 2.24) is 4.90 Å². The molecule has 1 saturated heterocycles. The molecule has 1 aliphatic heterocycles. The van der Waals surface area contributed by atoms with Crippen molar-refractivity contribution in [2.24, 2.45) is 0 Å². The third-order valence-corrected chi connectivity index (χ3v) is 5.55. The Morgan fingerprint density at radius 2 is 2.05 bits per heavy atom. The van der Waals surface area contributed by atoms with E-state index in [0.29, 0.717) is 17.2 Å². The molecule has 0 spiro atoms. The number of hydrogen-bond acceptors (Lipinski definition) is 4. The van der Waals surface area contributed by atoms with Gasteiger partial charge in [-0.1, -0.05) is 11.6 Å². The minimum Gasteiger partial charge on any atom is -0.493 e. The van der Waals surface area contributed by atoms with E-state index < -0.39 is 9.84 Å². The van der Waals surface area contributed by atoms with E-state index >= 15 is 0 Å². The molecule has 116 valence electrons. The van der Waals surface area contributed by atoms with Gasteiger partial charge in [0.05, 0.1) is 24.5 Å². The Kier molecular flexibility index (Phi) is 5.11. The molecule has 1 aromatic rings. The summed E-state index contributed by atoms with van der Waals surface area (Å²) in [7, 11) is -1.33. The average molecular weight is 332 g/mol. The zero-order chi connectivity index (χ0) is 15.5. The lowest BCUT2D eigenvalue weighted by Crippen LogP contribution is -2.38. The fourth-order valence-electron chi connectivity index (χ4n) is 2.25. The first-order valence-electron chi connectivity index (χ1n) is 6.72. The molecule has 0 aromatic heterocycles. The highest BCUT2D eigenvalue weighted by Gasteiger charge is 2.32. The summed E-state index contributed by atoms with van der Waals surface area (Å²) in [5.74, 6) is 0.772. The fraction of sp³-hybridized carbons (Fsp3) is 0.500. The van der Waals surface area contributed by atoms with E-state index in [2.05, 4.69) is 0 Å². The van der Waals surface area contributed by atoms with Crippen LogP contribution in [0.4, 0.5) is 0 Å². The highest BCUT2D eigenvalue weighted by Crippen LogP contribution is 2.18. The van der Waals surface area contributed by atoms with E-state index in [0.717, 1.165) is 0 Å². The molecule has 21 heavy (non-hydrogen) atoms. The first kappa shape index (κ1) is 16.1. The average Bonchev–Trinajstić information content (AvgIpc) is 2.80. The minimum atomic E-state index is -2.98. The molecule has 1 atom stereocenters. The summed E-state index contributed by atoms with van der Waals surface area (Å²) < 4.78 is 28.3. The van der Waals surface area contributed by atoms with Crippen LogP contribution in [0, 0.1) is 0 Å². The monoisotopic (exact) mass is 331 g/mol. The van der Waals surface area contributed by atoms with Crippen LogP contribution < -0.4 is 4.74 Å². The highest BCUT2D eigenvalue weighted by atomic mass is 35.5. The summed E-state index contributed by atoms with van der Waals surface area (Å²) in [4.78, 5) is 13.5. The summed E-state index contributed by atoms with van der Waals surface area (Å²) in [6.07, 6.45) is 0.734. The van der Waals surface area contributed by atoms with Crippen LogP contribution in [-0.4, -0.2) is 50.4 Å². The number of benzene rings is 1. The van der Waals surface area contributed by atoms with Crippen molar-refractivity contribution in [1.29, 1.82) is 0 Å². The zero-order valence-corrected chi connectivity index (χ0v) is 13.4. The van der Waals surface area contributed by atoms with Gasteiger partial charge in [-0.25, -0.2) is 8.42 Å². The molecule has 0 N–H and O–H groups in total. The van der Waals surface area contributed by atoms with Crippen LogP contribution in [0.25, 0.3) is 0 Å². The van der Waals surface area contributed by atoms with Gasteiger partial charge in [0.1, 0.15) is 5.75 Å². The number of carbonyl (C=O) groups excluding carboxylic acids is 1. The topological polar surface area (TPSA) is 63.7 Å². The molecule has 7 heteroatoms. The maximum absolute atomic E-state index is 12.0. The van der Waals surface area contributed by atoms with Gasteiger partial charge in [0, 0.05) is 18.1 Å². The number of ether oxygens (including phenoxy) is 1. The van der Waals surface area contributed by atoms with Gasteiger partial charge in [0.2, 0.25) is 5.91 Å². The molecule has 1 fully saturated rings. The van der Waals surface area contributed by atoms with E-state index in [1.54, 1.807) is 31.3 Å². The third-order valence-electron chi connectivity index (χ3n) is 3.55. The summed E-state index contributed by atoms with van der Waals surface area (Å²) in [6.45, 7) is 0.254. The molecule has 0 unspecified atom stereocenters. The molecule has 1 aromatic carbocycles. The Morgan fingerprint density at radius 3 is 2.62 bits per heavy atom. The quantitative estimate of drug-likeness (QED) is 0.824. The predicted octanol–water partition coefficient (Wildman–Crippen LogP) is 1.75. The summed E-state index contributed by atoms with van der Waals surface area (Å²) in [5.41, 5.74) is 0. The van der Waals surface area contributed by atoms with Crippen molar-refractivity contribution in [3.63, 3.8) is 0 Å². The Hall–Kier alpha value is -1.27. The predicted molar refractivity (Wildman–Crippen MR) is 81.4 cm³/mol. The van der Waals surface area contributed by atoms with Gasteiger partial charge in [0.25, 0.3) is 0 Å². The first-order valence-corrected chi connectivity index (χ1v) is 8.92. The van der Waals surface area contributed by atoms with Crippen molar-refractivity contribution in [3.05, 3.63) is 29.3 Å². The van der Waals surface area contributed by atoms with Gasteiger partial charge in [-0.15, -0.1) is 0 Å². The van der Waals surface area contributed by atoms with Crippen molar-refractivity contribution >= 4 is 27.3 Å². The number of rotatable bonds is 5. The largest absolute Gasteiger partial charge is 0.493 e. The SMILES string of the molecule is CN(C(=O)CCOc1ccc(Cl)cc1)[C@@H]1CCS(=O)(=O)C1. The van der Waals surface area contributed by atoms with E-state index in [1.807, 2.05) is 0 Å². The molecular weight excluding hydrogens is 314 g/mol. The maximum Gasteiger partial charge on any atom is 0.226 e. The van der Waals surface area contributed by atoms with Crippen molar-refractivity contribution < 1.29 is 17.9 Å². The van der Waals surface area contributed by atoms with Crippen LogP contribution >= 0.6 is 11.6 Å². The van der Waals surface area contributed by atoms with E-state index in [-0.39, 0.29) is 36.5 Å². The molecular formula is C14H18ClNO4S. The normalized spacial score (nSPS) is 20.2. The molecule has 0 saturated carbocycles. The van der Waals surface area contributed by atoms with Crippen molar-refractivity contribution in [3.8, 4) is 5.75 Å². The molecule has 2 rings (SSSR count). The Morgan fingerprint density at radius 1 is 1.38 bits per heavy atom. The number of halogens is 1. The number of hydrogen-bond donors (Lipinski definition) is 0. The number of nitrogens with zero attached hydrogens (tertiary/aromatic N) is 1. The lowest BCUT2D eigenvalue weighted by atomic mass is 10.2. The standard InChI is InChI=1S/C14H18ClNO4S/c1-16(12-7-9-21(18,19)10-12)14(17)6-8-20-13-4-2-11(15)3-5-13/h2-5,12H,6-10H2,1H3/t12-/m1/s1. The lowest BCUT2D eigenvalue weighted by Gasteiger charge is -2.23. The molecule has 0 aliphatic carbocycles. The van der Waals surface area contributed by atoms with Crippen LogP contribution in [0.1, 0.15) is 12.8 Å². The Bertz CT molecular complexity index is 600. The van der Waals surface area contributed by atoms with Gasteiger partial charge in [-0.05, 0) is 30.7 Å². The van der Waals surface area contributed by atoms with Crippen LogP contribution in [-0.2, 0) is 14.6 Å². The second kappa shape index (κ2) is 6.66. The highest BCUT2D eigenvalue weighted by molar-refractivity contribution is 7.91. The van der Waals surface area contributed by atoms with Crippen molar-refractivity contribution in [2.75, 3.05) is 25.2 Å². The van der Waals surface area contributed by atoms with Gasteiger partial charge >= 0.3 is 0 Å². The van der Waals surface area contributed by atoms with Gasteiger partial charge in [0.15, 0.2) is 9.84 Å². The summed E-state index contributed by atoms with van der Waals surface area (Å²) in [5, 5.41) is 0.626. The Balaban J connectivity index is 1.78. The molecule has 1 heterocycles. The summed E-state index contributed by atoms with van der Waals surface area (Å²) in [6, 6.07) is 6.70. The van der Waals surface area contributed by atoms with Crippen molar-refractivity contribution in [2.45, 2.75) is 18.9 Å². The van der Waals surface area contributed by atoms with Gasteiger partial charge in [-0.2, -0.15) is 0 Å². The maximum atomic E-state index is 12.0. The molecule has 0 radical (unpaired) electrons. The fourth-order valence-corrected chi connectivity index (χ4v) is 4.15. The second-order valence-corrected chi connectivity index (χ2v) is 7.78. The zero-order valence-electron chi connectivity index (χ0n) is 11.8. The van der Waals surface area contributed by atoms with Crippen LogP contribution in [0.2, 0.25) is 5.02 Å².